The summed E-state index contributed by atoms with van der Waals surface area (Å²) < 4.78 is 6.18. The van der Waals surface area contributed by atoms with Gasteiger partial charge < -0.3 is 9.94 Å². The zero-order chi connectivity index (χ0) is 17.6. The van der Waals surface area contributed by atoms with E-state index in [-0.39, 0.29) is 30.6 Å². The van der Waals surface area contributed by atoms with Gasteiger partial charge in [0.15, 0.2) is 6.61 Å². The fourth-order valence-electron chi connectivity index (χ4n) is 3.59. The van der Waals surface area contributed by atoms with Crippen molar-refractivity contribution < 1.29 is 19.1 Å². The smallest absolute Gasteiger partial charge is 0.272 e. The summed E-state index contributed by atoms with van der Waals surface area (Å²) >= 11 is 0. The topological polar surface area (TPSA) is 72.7 Å². The quantitative estimate of drug-likeness (QED) is 0.469. The first-order chi connectivity index (χ1) is 12.1. The summed E-state index contributed by atoms with van der Waals surface area (Å²) in [4.78, 5) is 26.2. The van der Waals surface area contributed by atoms with Crippen LogP contribution in [0.3, 0.4) is 0 Å². The lowest BCUT2D eigenvalue weighted by molar-refractivity contribution is -0.401. The van der Waals surface area contributed by atoms with Crippen molar-refractivity contribution in [2.75, 3.05) is 18.1 Å². The number of hydroxylamine groups is 1. The Morgan fingerprint density at radius 2 is 2.08 bits per heavy atom. The highest BCUT2D eigenvalue weighted by Crippen LogP contribution is 2.36. The number of benzene rings is 1. The number of carbonyl (C=O) groups excluding carboxylic acids is 2. The van der Waals surface area contributed by atoms with Crippen LogP contribution in [0.4, 0.5) is 5.69 Å². The molecule has 0 unspecified atom stereocenters. The molecule has 1 amide bonds. The van der Waals surface area contributed by atoms with Gasteiger partial charge in [0.2, 0.25) is 5.70 Å². The van der Waals surface area contributed by atoms with E-state index >= 15 is 0 Å². The highest BCUT2D eigenvalue weighted by atomic mass is 16.5. The van der Waals surface area contributed by atoms with Gasteiger partial charge in [-0.25, -0.2) is 0 Å². The largest absolute Gasteiger partial charge is 0.618 e. The molecule has 0 fully saturated rings. The van der Waals surface area contributed by atoms with Gasteiger partial charge in [0.1, 0.15) is 5.75 Å². The molecule has 2 aliphatic heterocycles. The summed E-state index contributed by atoms with van der Waals surface area (Å²) in [6.45, 7) is 0.0326. The van der Waals surface area contributed by atoms with Gasteiger partial charge in [-0.2, -0.15) is 4.74 Å². The summed E-state index contributed by atoms with van der Waals surface area (Å²) in [6.07, 6.45) is 8.47. The third kappa shape index (κ3) is 2.31. The Labute approximate surface area is 145 Å². The summed E-state index contributed by atoms with van der Waals surface area (Å²) in [5, 5.41) is 12.6. The number of terminal acetylenes is 1. The lowest BCUT2D eigenvalue weighted by atomic mass is 9.93. The van der Waals surface area contributed by atoms with E-state index in [0.717, 1.165) is 17.6 Å². The van der Waals surface area contributed by atoms with Gasteiger partial charge >= 0.3 is 0 Å². The summed E-state index contributed by atoms with van der Waals surface area (Å²) in [6, 6.07) is 4.99. The van der Waals surface area contributed by atoms with Crippen molar-refractivity contribution in [1.82, 2.24) is 0 Å². The Bertz CT molecular complexity index is 904. The van der Waals surface area contributed by atoms with Crippen LogP contribution in [0, 0.1) is 17.6 Å². The molecular formula is C19H16N2O4. The standard InChI is InChI=1S/C19H16N2O4/c1-2-9-20-15-10-12(7-8-16(15)25-11-17(20)22)18-19(23)13-5-3-4-6-14(13)21(18)24/h1,7-8,10H,3-6,9,11H2. The van der Waals surface area contributed by atoms with E-state index in [0.29, 0.717) is 41.1 Å². The summed E-state index contributed by atoms with van der Waals surface area (Å²) in [5.74, 6) is 2.50. The van der Waals surface area contributed by atoms with Crippen LogP contribution in [0.2, 0.25) is 0 Å². The minimum Gasteiger partial charge on any atom is -0.618 e. The Balaban J connectivity index is 1.79. The number of anilines is 1. The maximum absolute atomic E-state index is 12.7. The fraction of sp³-hybridized carbons (Fsp3) is 0.316. The van der Waals surface area contributed by atoms with Crippen LogP contribution >= 0.6 is 0 Å². The number of hydrogen-bond donors (Lipinski definition) is 0. The van der Waals surface area contributed by atoms with Crippen molar-refractivity contribution in [3.63, 3.8) is 0 Å². The molecule has 0 N–H and O–H groups in total. The van der Waals surface area contributed by atoms with Crippen molar-refractivity contribution >= 4 is 23.1 Å². The molecule has 4 rings (SSSR count). The molecule has 3 aliphatic rings. The van der Waals surface area contributed by atoms with Crippen molar-refractivity contribution in [1.29, 1.82) is 0 Å². The molecule has 0 bridgehead atoms. The summed E-state index contributed by atoms with van der Waals surface area (Å²) in [5.41, 5.74) is 2.30. The molecular weight excluding hydrogens is 320 g/mol. The molecule has 1 aromatic carbocycles. The second-order valence-corrected chi connectivity index (χ2v) is 6.26. The lowest BCUT2D eigenvalue weighted by Crippen LogP contribution is -2.39. The predicted molar refractivity (Wildman–Crippen MR) is 91.4 cm³/mol. The van der Waals surface area contributed by atoms with E-state index in [1.807, 2.05) is 0 Å². The molecule has 0 spiro atoms. The Morgan fingerprint density at radius 3 is 2.84 bits per heavy atom. The van der Waals surface area contributed by atoms with E-state index in [4.69, 9.17) is 11.2 Å². The van der Waals surface area contributed by atoms with Crippen molar-refractivity contribution in [2.45, 2.75) is 25.7 Å². The van der Waals surface area contributed by atoms with Crippen LogP contribution in [0.1, 0.15) is 31.2 Å². The number of ether oxygens (including phenoxy) is 1. The second kappa shape index (κ2) is 5.78. The monoisotopic (exact) mass is 336 g/mol. The number of rotatable bonds is 2. The molecule has 2 heterocycles. The van der Waals surface area contributed by atoms with Crippen molar-refractivity contribution in [3.05, 3.63) is 40.2 Å². The molecule has 1 aliphatic carbocycles. The molecule has 0 saturated carbocycles. The van der Waals surface area contributed by atoms with Crippen LogP contribution in [-0.2, 0) is 9.59 Å². The third-order valence-corrected chi connectivity index (χ3v) is 4.80. The predicted octanol–water partition coefficient (Wildman–Crippen LogP) is 1.76. The number of allylic oxidation sites excluding steroid dienone is 2. The zero-order valence-corrected chi connectivity index (χ0v) is 13.6. The number of amides is 1. The minimum atomic E-state index is -0.248. The van der Waals surface area contributed by atoms with E-state index in [1.54, 1.807) is 18.2 Å². The Hall–Kier alpha value is -3.07. The average molecular weight is 336 g/mol. The maximum atomic E-state index is 12.7. The molecule has 126 valence electrons. The van der Waals surface area contributed by atoms with Crippen LogP contribution in [0.25, 0.3) is 0 Å². The van der Waals surface area contributed by atoms with Gasteiger partial charge in [0, 0.05) is 6.42 Å². The van der Waals surface area contributed by atoms with E-state index in [9.17, 15) is 14.8 Å². The molecule has 0 saturated heterocycles. The van der Waals surface area contributed by atoms with E-state index in [1.165, 1.54) is 4.90 Å². The zero-order valence-electron chi connectivity index (χ0n) is 13.6. The first-order valence-corrected chi connectivity index (χ1v) is 8.24. The number of ketones is 1. The van der Waals surface area contributed by atoms with Gasteiger partial charge in [-0.1, -0.05) is 5.92 Å². The number of nitrogens with zero attached hydrogens (tertiary/aromatic N) is 2. The maximum Gasteiger partial charge on any atom is 0.272 e. The van der Waals surface area contributed by atoms with Gasteiger partial charge in [0.05, 0.1) is 23.4 Å². The second-order valence-electron chi connectivity index (χ2n) is 6.26. The molecule has 0 aromatic heterocycles. The normalized spacial score (nSPS) is 19.6. The minimum absolute atomic E-state index is 0.0763. The first-order valence-electron chi connectivity index (χ1n) is 8.24. The molecule has 6 heteroatoms. The van der Waals surface area contributed by atoms with Gasteiger partial charge in [-0.05, 0) is 37.5 Å². The van der Waals surface area contributed by atoms with Crippen molar-refractivity contribution in [2.24, 2.45) is 0 Å². The molecule has 6 nitrogen and oxygen atoms in total. The Morgan fingerprint density at radius 1 is 1.28 bits per heavy atom. The van der Waals surface area contributed by atoms with E-state index in [2.05, 4.69) is 5.92 Å². The highest BCUT2D eigenvalue weighted by molar-refractivity contribution is 6.50. The molecule has 0 radical (unpaired) electrons. The van der Waals surface area contributed by atoms with E-state index < -0.39 is 0 Å². The first kappa shape index (κ1) is 15.5. The number of carbonyl (C=O) groups is 2. The third-order valence-electron chi connectivity index (χ3n) is 4.80. The fourth-order valence-corrected chi connectivity index (χ4v) is 3.59. The average Bonchev–Trinajstić information content (AvgIpc) is 2.88. The molecule has 25 heavy (non-hydrogen) atoms. The van der Waals surface area contributed by atoms with Gasteiger partial charge in [-0.3, -0.25) is 14.5 Å². The number of hydrogen-bond acceptors (Lipinski definition) is 4. The number of fused-ring (bicyclic) bond motifs is 1. The van der Waals surface area contributed by atoms with Gasteiger partial charge in [-0.15, -0.1) is 6.42 Å². The van der Waals surface area contributed by atoms with Crippen LogP contribution in [0.5, 0.6) is 5.75 Å². The van der Waals surface area contributed by atoms with Crippen molar-refractivity contribution in [3.8, 4) is 18.1 Å². The van der Waals surface area contributed by atoms with Crippen LogP contribution in [-0.4, -0.2) is 35.3 Å². The lowest BCUT2D eigenvalue weighted by Gasteiger charge is -2.28. The Kier molecular flexibility index (Phi) is 3.57. The highest BCUT2D eigenvalue weighted by Gasteiger charge is 2.40. The van der Waals surface area contributed by atoms with Gasteiger partial charge in [0.25, 0.3) is 17.4 Å². The summed E-state index contributed by atoms with van der Waals surface area (Å²) in [7, 11) is 0. The number of Topliss-reactive ketones (excluding diaryl/α,β-unsaturated/α-hetero) is 1. The van der Waals surface area contributed by atoms with Crippen LogP contribution in [0.15, 0.2) is 29.5 Å². The molecule has 1 aromatic rings. The van der Waals surface area contributed by atoms with Crippen LogP contribution < -0.4 is 9.64 Å². The SMILES string of the molecule is C#CCN1C(=O)COc2ccc(C3=[N+]([O-])C4=C(CCCC4)C3=O)cc21. The molecule has 0 atom stereocenters.